The molecule has 0 atom stereocenters. The van der Waals surface area contributed by atoms with Gasteiger partial charge in [0.2, 0.25) is 0 Å². The summed E-state index contributed by atoms with van der Waals surface area (Å²) in [7, 11) is 0.605. The van der Waals surface area contributed by atoms with Crippen molar-refractivity contribution in [3.8, 4) is 0 Å². The molecule has 1 aromatic rings. The molecule has 0 spiro atoms. The quantitative estimate of drug-likeness (QED) is 0.853. The number of hydrogen-bond acceptors (Lipinski definition) is 3. The standard InChI is InChI=1S/C11H12ClF2NO3S/c1-11(2,3)15-10(16)6-4-9(19(12,17)18)8(14)5-7(6)13/h4-5H,1-3H3,(H,15,16). The Morgan fingerprint density at radius 3 is 2.16 bits per heavy atom. The fourth-order valence-electron chi connectivity index (χ4n) is 1.30. The van der Waals surface area contributed by atoms with E-state index >= 15 is 0 Å². The molecule has 1 rings (SSSR count). The molecule has 0 aliphatic heterocycles. The Kier molecular flexibility index (Phi) is 4.21. The molecule has 8 heteroatoms. The van der Waals surface area contributed by atoms with Crippen molar-refractivity contribution < 1.29 is 22.0 Å². The van der Waals surface area contributed by atoms with Gasteiger partial charge in [-0.15, -0.1) is 0 Å². The van der Waals surface area contributed by atoms with Crippen LogP contribution in [0.1, 0.15) is 31.1 Å². The summed E-state index contributed by atoms with van der Waals surface area (Å²) < 4.78 is 49.0. The summed E-state index contributed by atoms with van der Waals surface area (Å²) in [5, 5.41) is 2.44. The molecule has 1 amide bonds. The smallest absolute Gasteiger partial charge is 0.264 e. The van der Waals surface area contributed by atoms with E-state index in [0.29, 0.717) is 12.1 Å². The van der Waals surface area contributed by atoms with E-state index in [9.17, 15) is 22.0 Å². The molecule has 0 aliphatic carbocycles. The highest BCUT2D eigenvalue weighted by Crippen LogP contribution is 2.23. The largest absolute Gasteiger partial charge is 0.347 e. The first-order valence-electron chi connectivity index (χ1n) is 5.18. The average Bonchev–Trinajstić information content (AvgIpc) is 2.11. The van der Waals surface area contributed by atoms with Crippen molar-refractivity contribution >= 4 is 25.6 Å². The molecule has 0 bridgehead atoms. The second kappa shape index (κ2) is 5.05. The minimum atomic E-state index is -4.40. The van der Waals surface area contributed by atoms with Crippen molar-refractivity contribution in [2.75, 3.05) is 0 Å². The van der Waals surface area contributed by atoms with Gasteiger partial charge in [0, 0.05) is 22.3 Å². The Balaban J connectivity index is 3.34. The van der Waals surface area contributed by atoms with E-state index in [1.54, 1.807) is 20.8 Å². The Bertz CT molecular complexity index is 624. The molecule has 0 saturated heterocycles. The lowest BCUT2D eigenvalue weighted by molar-refractivity contribution is 0.0915. The minimum absolute atomic E-state index is 0.312. The Labute approximate surface area is 114 Å². The van der Waals surface area contributed by atoms with Crippen LogP contribution in [0.5, 0.6) is 0 Å². The van der Waals surface area contributed by atoms with Crippen molar-refractivity contribution in [1.29, 1.82) is 0 Å². The second-order valence-corrected chi connectivity index (χ2v) is 7.44. The van der Waals surface area contributed by atoms with Crippen LogP contribution in [-0.4, -0.2) is 19.9 Å². The zero-order valence-electron chi connectivity index (χ0n) is 10.4. The number of rotatable bonds is 2. The van der Waals surface area contributed by atoms with E-state index in [2.05, 4.69) is 5.32 Å². The van der Waals surface area contributed by atoms with Crippen molar-refractivity contribution in [1.82, 2.24) is 5.32 Å². The lowest BCUT2D eigenvalue weighted by Crippen LogP contribution is -2.41. The normalized spacial score (nSPS) is 12.3. The molecule has 1 N–H and O–H groups in total. The van der Waals surface area contributed by atoms with Crippen LogP contribution in [0.15, 0.2) is 17.0 Å². The zero-order chi connectivity index (χ0) is 15.0. The Morgan fingerprint density at radius 1 is 1.21 bits per heavy atom. The van der Waals surface area contributed by atoms with E-state index in [0.717, 1.165) is 0 Å². The molecule has 0 radical (unpaired) electrons. The highest BCUT2D eigenvalue weighted by molar-refractivity contribution is 8.13. The van der Waals surface area contributed by atoms with Gasteiger partial charge in [-0.05, 0) is 26.8 Å². The summed E-state index contributed by atoms with van der Waals surface area (Å²) in [4.78, 5) is 10.8. The van der Waals surface area contributed by atoms with Crippen LogP contribution in [-0.2, 0) is 9.05 Å². The fourth-order valence-corrected chi connectivity index (χ4v) is 2.20. The van der Waals surface area contributed by atoms with Crippen LogP contribution in [0.25, 0.3) is 0 Å². The molecule has 0 unspecified atom stereocenters. The number of nitrogens with one attached hydrogen (secondary N) is 1. The molecule has 0 heterocycles. The van der Waals surface area contributed by atoms with Crippen LogP contribution < -0.4 is 5.32 Å². The van der Waals surface area contributed by atoms with Gasteiger partial charge in [0.1, 0.15) is 16.5 Å². The van der Waals surface area contributed by atoms with Gasteiger partial charge >= 0.3 is 0 Å². The van der Waals surface area contributed by atoms with Crippen molar-refractivity contribution in [3.63, 3.8) is 0 Å². The summed E-state index contributed by atoms with van der Waals surface area (Å²) in [5.74, 6) is -3.37. The minimum Gasteiger partial charge on any atom is -0.347 e. The number of halogens is 3. The third kappa shape index (κ3) is 4.14. The lowest BCUT2D eigenvalue weighted by atomic mass is 10.1. The van der Waals surface area contributed by atoms with E-state index < -0.39 is 42.6 Å². The van der Waals surface area contributed by atoms with E-state index in [4.69, 9.17) is 10.7 Å². The third-order valence-electron chi connectivity index (χ3n) is 2.02. The topological polar surface area (TPSA) is 63.2 Å². The number of carbonyl (C=O) groups is 1. The van der Waals surface area contributed by atoms with E-state index in [-0.39, 0.29) is 0 Å². The summed E-state index contributed by atoms with van der Waals surface area (Å²) in [6, 6.07) is 0.890. The number of carbonyl (C=O) groups excluding carboxylic acids is 1. The van der Waals surface area contributed by atoms with Gasteiger partial charge in [-0.25, -0.2) is 17.2 Å². The van der Waals surface area contributed by atoms with Gasteiger partial charge in [-0.2, -0.15) is 0 Å². The molecule has 19 heavy (non-hydrogen) atoms. The molecule has 0 fully saturated rings. The molecular weight excluding hydrogens is 300 g/mol. The van der Waals surface area contributed by atoms with Gasteiger partial charge in [-0.1, -0.05) is 0 Å². The summed E-state index contributed by atoms with van der Waals surface area (Å²) in [6.07, 6.45) is 0. The van der Waals surface area contributed by atoms with Gasteiger partial charge in [0.15, 0.2) is 0 Å². The number of hydrogen-bond donors (Lipinski definition) is 1. The third-order valence-corrected chi connectivity index (χ3v) is 3.35. The molecule has 0 saturated carbocycles. The van der Waals surface area contributed by atoms with Crippen molar-refractivity contribution in [2.24, 2.45) is 0 Å². The average molecular weight is 312 g/mol. The predicted molar refractivity (Wildman–Crippen MR) is 66.6 cm³/mol. The molecule has 4 nitrogen and oxygen atoms in total. The summed E-state index contributed by atoms with van der Waals surface area (Å²) in [6.45, 7) is 4.97. The van der Waals surface area contributed by atoms with Crippen LogP contribution in [0, 0.1) is 11.6 Å². The molecular formula is C11H12ClF2NO3S. The summed E-state index contributed by atoms with van der Waals surface area (Å²) in [5.41, 5.74) is -1.24. The molecule has 106 valence electrons. The van der Waals surface area contributed by atoms with Crippen molar-refractivity contribution in [2.45, 2.75) is 31.2 Å². The first kappa shape index (κ1) is 15.8. The maximum Gasteiger partial charge on any atom is 0.264 e. The first-order valence-corrected chi connectivity index (χ1v) is 7.49. The van der Waals surface area contributed by atoms with Gasteiger partial charge < -0.3 is 5.32 Å². The molecule has 0 aliphatic rings. The highest BCUT2D eigenvalue weighted by atomic mass is 35.7. The second-order valence-electron chi connectivity index (χ2n) is 4.90. The van der Waals surface area contributed by atoms with E-state index in [1.165, 1.54) is 0 Å². The number of amides is 1. The van der Waals surface area contributed by atoms with Gasteiger partial charge in [0.05, 0.1) is 5.56 Å². The molecule has 1 aromatic carbocycles. The summed E-state index contributed by atoms with van der Waals surface area (Å²) >= 11 is 0. The first-order chi connectivity index (χ1) is 8.42. The van der Waals surface area contributed by atoms with Crippen LogP contribution in [0.3, 0.4) is 0 Å². The zero-order valence-corrected chi connectivity index (χ0v) is 12.0. The maximum atomic E-state index is 13.5. The van der Waals surface area contributed by atoms with Crippen LogP contribution in [0.4, 0.5) is 8.78 Å². The van der Waals surface area contributed by atoms with E-state index in [1.807, 2.05) is 0 Å². The molecule has 0 aromatic heterocycles. The van der Waals surface area contributed by atoms with Crippen LogP contribution >= 0.6 is 10.7 Å². The van der Waals surface area contributed by atoms with Gasteiger partial charge in [0.25, 0.3) is 15.0 Å². The Morgan fingerprint density at radius 2 is 1.74 bits per heavy atom. The van der Waals surface area contributed by atoms with Crippen LogP contribution in [0.2, 0.25) is 0 Å². The lowest BCUT2D eigenvalue weighted by Gasteiger charge is -2.20. The van der Waals surface area contributed by atoms with Gasteiger partial charge in [-0.3, -0.25) is 4.79 Å². The number of benzene rings is 1. The highest BCUT2D eigenvalue weighted by Gasteiger charge is 2.24. The Hall–Kier alpha value is -1.21. The predicted octanol–water partition coefficient (Wildman–Crippen LogP) is 2.42. The fraction of sp³-hybridized carbons (Fsp3) is 0.364. The monoisotopic (exact) mass is 311 g/mol. The maximum absolute atomic E-state index is 13.5. The van der Waals surface area contributed by atoms with Crippen molar-refractivity contribution in [3.05, 3.63) is 29.3 Å². The SMILES string of the molecule is CC(C)(C)NC(=O)c1cc(S(=O)(=O)Cl)c(F)cc1F.